The van der Waals surface area contributed by atoms with Crippen molar-refractivity contribution in [3.63, 3.8) is 0 Å². The highest BCUT2D eigenvalue weighted by Gasteiger charge is 2.21. The molecule has 0 aliphatic carbocycles. The highest BCUT2D eigenvalue weighted by Crippen LogP contribution is 2.26. The Morgan fingerprint density at radius 2 is 2.27 bits per heavy atom. The predicted octanol–water partition coefficient (Wildman–Crippen LogP) is 2.46. The molecular weight excluding hydrogens is 193 g/mol. The van der Waals surface area contributed by atoms with Gasteiger partial charge in [0.2, 0.25) is 0 Å². The first-order valence-corrected chi connectivity index (χ1v) is 5.31. The van der Waals surface area contributed by atoms with Crippen molar-refractivity contribution < 1.29 is 9.13 Å². The number of halogens is 1. The van der Waals surface area contributed by atoms with E-state index in [4.69, 9.17) is 4.74 Å². The number of benzene rings is 1. The topological polar surface area (TPSA) is 21.3 Å². The summed E-state index contributed by atoms with van der Waals surface area (Å²) in [7, 11) is 1.66. The van der Waals surface area contributed by atoms with Crippen LogP contribution in [0.3, 0.4) is 0 Å². The Bertz CT molecular complexity index is 321. The third-order valence-corrected chi connectivity index (χ3v) is 2.85. The van der Waals surface area contributed by atoms with Crippen LogP contribution in [-0.2, 0) is 0 Å². The van der Waals surface area contributed by atoms with Gasteiger partial charge >= 0.3 is 0 Å². The SMILES string of the molecule is COc1cccc(C2CCC(F)CN2)c1. The predicted molar refractivity (Wildman–Crippen MR) is 57.9 cm³/mol. The average Bonchev–Trinajstić information content (AvgIpc) is 2.30. The molecule has 0 spiro atoms. The van der Waals surface area contributed by atoms with E-state index in [1.807, 2.05) is 18.2 Å². The Hall–Kier alpha value is -1.09. The van der Waals surface area contributed by atoms with Gasteiger partial charge in [-0.15, -0.1) is 0 Å². The molecule has 1 aromatic rings. The second-order valence-electron chi connectivity index (χ2n) is 3.91. The number of piperidine rings is 1. The lowest BCUT2D eigenvalue weighted by Crippen LogP contribution is -2.34. The maximum Gasteiger partial charge on any atom is 0.119 e. The quantitative estimate of drug-likeness (QED) is 0.807. The number of alkyl halides is 1. The number of nitrogens with one attached hydrogen (secondary N) is 1. The molecule has 0 saturated carbocycles. The van der Waals surface area contributed by atoms with Crippen LogP contribution in [-0.4, -0.2) is 19.8 Å². The van der Waals surface area contributed by atoms with Crippen molar-refractivity contribution in [2.75, 3.05) is 13.7 Å². The lowest BCUT2D eigenvalue weighted by molar-refractivity contribution is 0.234. The number of rotatable bonds is 2. The van der Waals surface area contributed by atoms with E-state index in [0.29, 0.717) is 13.0 Å². The minimum atomic E-state index is -0.688. The van der Waals surface area contributed by atoms with Gasteiger partial charge in [0, 0.05) is 12.6 Å². The molecule has 1 saturated heterocycles. The first kappa shape index (κ1) is 10.4. The number of methoxy groups -OCH3 is 1. The molecule has 0 radical (unpaired) electrons. The molecule has 3 heteroatoms. The van der Waals surface area contributed by atoms with Gasteiger partial charge in [-0.2, -0.15) is 0 Å². The van der Waals surface area contributed by atoms with Crippen LogP contribution in [0.15, 0.2) is 24.3 Å². The van der Waals surface area contributed by atoms with Crippen molar-refractivity contribution in [2.45, 2.75) is 25.1 Å². The lowest BCUT2D eigenvalue weighted by Gasteiger charge is -2.26. The van der Waals surface area contributed by atoms with E-state index >= 15 is 0 Å². The summed E-state index contributed by atoms with van der Waals surface area (Å²) in [6.45, 7) is 0.460. The number of hydrogen-bond acceptors (Lipinski definition) is 2. The molecule has 0 amide bonds. The Labute approximate surface area is 89.4 Å². The van der Waals surface area contributed by atoms with Crippen LogP contribution in [0.5, 0.6) is 5.75 Å². The molecule has 1 N–H and O–H groups in total. The van der Waals surface area contributed by atoms with Crippen molar-refractivity contribution in [1.82, 2.24) is 5.32 Å². The largest absolute Gasteiger partial charge is 0.497 e. The molecular formula is C12H16FNO. The Kier molecular flexibility index (Phi) is 3.21. The van der Waals surface area contributed by atoms with Crippen molar-refractivity contribution in [3.05, 3.63) is 29.8 Å². The molecule has 1 aliphatic heterocycles. The minimum Gasteiger partial charge on any atom is -0.497 e. The standard InChI is InChI=1S/C12H16FNO/c1-15-11-4-2-3-9(7-11)12-6-5-10(13)8-14-12/h2-4,7,10,12,14H,5-6,8H2,1H3. The van der Waals surface area contributed by atoms with Crippen LogP contribution >= 0.6 is 0 Å². The number of hydrogen-bond donors (Lipinski definition) is 1. The van der Waals surface area contributed by atoms with E-state index in [1.54, 1.807) is 7.11 Å². The summed E-state index contributed by atoms with van der Waals surface area (Å²) in [5.41, 5.74) is 1.18. The van der Waals surface area contributed by atoms with Crippen LogP contribution < -0.4 is 10.1 Å². The molecule has 2 atom stereocenters. The van der Waals surface area contributed by atoms with Gasteiger partial charge in [0.05, 0.1) is 7.11 Å². The van der Waals surface area contributed by atoms with Gasteiger partial charge in [0.25, 0.3) is 0 Å². The highest BCUT2D eigenvalue weighted by molar-refractivity contribution is 5.30. The summed E-state index contributed by atoms with van der Waals surface area (Å²) in [6, 6.07) is 8.23. The maximum absolute atomic E-state index is 12.9. The number of ether oxygens (including phenoxy) is 1. The molecule has 2 unspecified atom stereocenters. The van der Waals surface area contributed by atoms with Crippen molar-refractivity contribution in [3.8, 4) is 5.75 Å². The summed E-state index contributed by atoms with van der Waals surface area (Å²) in [4.78, 5) is 0. The maximum atomic E-state index is 12.9. The average molecular weight is 209 g/mol. The normalized spacial score (nSPS) is 26.3. The molecule has 82 valence electrons. The monoisotopic (exact) mass is 209 g/mol. The van der Waals surface area contributed by atoms with Crippen LogP contribution in [0.1, 0.15) is 24.4 Å². The first-order chi connectivity index (χ1) is 7.29. The van der Waals surface area contributed by atoms with Crippen molar-refractivity contribution >= 4 is 0 Å². The fourth-order valence-electron chi connectivity index (χ4n) is 1.96. The van der Waals surface area contributed by atoms with Gasteiger partial charge in [-0.1, -0.05) is 12.1 Å². The van der Waals surface area contributed by atoms with Gasteiger partial charge in [0.1, 0.15) is 11.9 Å². The second kappa shape index (κ2) is 4.62. The fourth-order valence-corrected chi connectivity index (χ4v) is 1.96. The zero-order valence-electron chi connectivity index (χ0n) is 8.87. The van der Waals surface area contributed by atoms with Gasteiger partial charge in [0.15, 0.2) is 0 Å². The molecule has 15 heavy (non-hydrogen) atoms. The second-order valence-corrected chi connectivity index (χ2v) is 3.91. The van der Waals surface area contributed by atoms with Gasteiger partial charge < -0.3 is 10.1 Å². The molecule has 1 fully saturated rings. The van der Waals surface area contributed by atoms with E-state index in [9.17, 15) is 4.39 Å². The van der Waals surface area contributed by atoms with Gasteiger partial charge in [-0.3, -0.25) is 0 Å². The zero-order valence-corrected chi connectivity index (χ0v) is 8.87. The summed E-state index contributed by atoms with van der Waals surface area (Å²) in [6.07, 6.45) is 0.815. The Morgan fingerprint density at radius 1 is 1.40 bits per heavy atom. The van der Waals surface area contributed by atoms with Crippen LogP contribution in [0.2, 0.25) is 0 Å². The van der Waals surface area contributed by atoms with Gasteiger partial charge in [-0.05, 0) is 30.5 Å². The van der Waals surface area contributed by atoms with Gasteiger partial charge in [-0.25, -0.2) is 4.39 Å². The van der Waals surface area contributed by atoms with Crippen molar-refractivity contribution in [2.24, 2.45) is 0 Å². The minimum absolute atomic E-state index is 0.270. The summed E-state index contributed by atoms with van der Waals surface area (Å²) < 4.78 is 18.1. The molecule has 2 nitrogen and oxygen atoms in total. The van der Waals surface area contributed by atoms with E-state index in [0.717, 1.165) is 12.2 Å². The van der Waals surface area contributed by atoms with E-state index in [1.165, 1.54) is 5.56 Å². The third kappa shape index (κ3) is 2.48. The first-order valence-electron chi connectivity index (χ1n) is 5.31. The highest BCUT2D eigenvalue weighted by atomic mass is 19.1. The van der Waals surface area contributed by atoms with Crippen LogP contribution in [0.25, 0.3) is 0 Å². The lowest BCUT2D eigenvalue weighted by atomic mass is 9.97. The van der Waals surface area contributed by atoms with Crippen molar-refractivity contribution in [1.29, 1.82) is 0 Å². The third-order valence-electron chi connectivity index (χ3n) is 2.85. The smallest absolute Gasteiger partial charge is 0.119 e. The van der Waals surface area contributed by atoms with E-state index in [-0.39, 0.29) is 6.04 Å². The molecule has 0 aromatic heterocycles. The molecule has 0 bridgehead atoms. The molecule has 2 rings (SSSR count). The fraction of sp³-hybridized carbons (Fsp3) is 0.500. The molecule has 1 aromatic carbocycles. The molecule has 1 heterocycles. The molecule has 1 aliphatic rings. The summed E-state index contributed by atoms with van der Waals surface area (Å²) in [5, 5.41) is 3.21. The van der Waals surface area contributed by atoms with Crippen LogP contribution in [0.4, 0.5) is 4.39 Å². The van der Waals surface area contributed by atoms with E-state index in [2.05, 4.69) is 11.4 Å². The Morgan fingerprint density at radius 3 is 2.93 bits per heavy atom. The summed E-state index contributed by atoms with van der Waals surface area (Å²) in [5.74, 6) is 0.858. The zero-order chi connectivity index (χ0) is 10.7. The Balaban J connectivity index is 2.08. The summed E-state index contributed by atoms with van der Waals surface area (Å²) >= 11 is 0. The van der Waals surface area contributed by atoms with E-state index < -0.39 is 6.17 Å². The van der Waals surface area contributed by atoms with Crippen LogP contribution in [0, 0.1) is 0 Å².